The topological polar surface area (TPSA) is 47.9 Å². The SMILES string of the molecule is Cc1cccc(C#N)c1NC1CC2CCC(C1)N2. The van der Waals surface area contributed by atoms with Crippen LogP contribution in [0.2, 0.25) is 0 Å². The molecule has 2 heterocycles. The molecule has 1 aromatic rings. The average molecular weight is 241 g/mol. The zero-order valence-corrected chi connectivity index (χ0v) is 10.7. The van der Waals surface area contributed by atoms with Crippen LogP contribution in [-0.2, 0) is 0 Å². The maximum absolute atomic E-state index is 9.19. The summed E-state index contributed by atoms with van der Waals surface area (Å²) in [5.41, 5.74) is 2.96. The number of nitriles is 1. The Hall–Kier alpha value is -1.53. The van der Waals surface area contributed by atoms with Gasteiger partial charge in [-0.1, -0.05) is 12.1 Å². The minimum Gasteiger partial charge on any atom is -0.381 e. The first-order valence-corrected chi connectivity index (χ1v) is 6.78. The number of piperidine rings is 1. The van der Waals surface area contributed by atoms with E-state index >= 15 is 0 Å². The van der Waals surface area contributed by atoms with Crippen LogP contribution in [0.5, 0.6) is 0 Å². The summed E-state index contributed by atoms with van der Waals surface area (Å²) in [5, 5.41) is 16.4. The van der Waals surface area contributed by atoms with Crippen molar-refractivity contribution in [1.29, 1.82) is 5.26 Å². The highest BCUT2D eigenvalue weighted by atomic mass is 15.0. The Morgan fingerprint density at radius 2 is 2.00 bits per heavy atom. The molecule has 3 nitrogen and oxygen atoms in total. The maximum Gasteiger partial charge on any atom is 0.101 e. The van der Waals surface area contributed by atoms with Crippen molar-refractivity contribution in [2.45, 2.75) is 50.7 Å². The fourth-order valence-corrected chi connectivity index (χ4v) is 3.33. The van der Waals surface area contributed by atoms with E-state index in [2.05, 4.69) is 29.7 Å². The number of benzene rings is 1. The molecule has 2 saturated heterocycles. The maximum atomic E-state index is 9.19. The number of fused-ring (bicyclic) bond motifs is 2. The highest BCUT2D eigenvalue weighted by Crippen LogP contribution is 2.30. The molecule has 0 saturated carbocycles. The second-order valence-electron chi connectivity index (χ2n) is 5.56. The van der Waals surface area contributed by atoms with Crippen molar-refractivity contribution in [3.63, 3.8) is 0 Å². The minimum absolute atomic E-state index is 0.511. The molecular formula is C15H19N3. The molecule has 3 rings (SSSR count). The molecule has 94 valence electrons. The van der Waals surface area contributed by atoms with Gasteiger partial charge in [0.05, 0.1) is 11.3 Å². The van der Waals surface area contributed by atoms with Gasteiger partial charge in [-0.2, -0.15) is 5.26 Å². The largest absolute Gasteiger partial charge is 0.381 e. The third-order valence-corrected chi connectivity index (χ3v) is 4.21. The second kappa shape index (κ2) is 4.62. The van der Waals surface area contributed by atoms with Crippen LogP contribution in [0, 0.1) is 18.3 Å². The van der Waals surface area contributed by atoms with Crippen LogP contribution in [0.15, 0.2) is 18.2 Å². The fraction of sp³-hybridized carbons (Fsp3) is 0.533. The number of hydrogen-bond donors (Lipinski definition) is 2. The van der Waals surface area contributed by atoms with Gasteiger partial charge in [0.15, 0.2) is 0 Å². The molecule has 18 heavy (non-hydrogen) atoms. The molecule has 2 aliphatic rings. The van der Waals surface area contributed by atoms with Crippen LogP contribution in [0.25, 0.3) is 0 Å². The number of anilines is 1. The number of hydrogen-bond acceptors (Lipinski definition) is 3. The summed E-state index contributed by atoms with van der Waals surface area (Å²) in [7, 11) is 0. The van der Waals surface area contributed by atoms with Crippen LogP contribution >= 0.6 is 0 Å². The van der Waals surface area contributed by atoms with E-state index in [-0.39, 0.29) is 0 Å². The summed E-state index contributed by atoms with van der Waals surface area (Å²) in [6.45, 7) is 2.07. The zero-order chi connectivity index (χ0) is 12.5. The van der Waals surface area contributed by atoms with E-state index in [4.69, 9.17) is 0 Å². The molecule has 0 aliphatic carbocycles. The highest BCUT2D eigenvalue weighted by molar-refractivity contribution is 5.62. The monoisotopic (exact) mass is 241 g/mol. The molecule has 2 aliphatic heterocycles. The Morgan fingerprint density at radius 1 is 1.28 bits per heavy atom. The van der Waals surface area contributed by atoms with Gasteiger partial charge in [-0.15, -0.1) is 0 Å². The molecule has 2 unspecified atom stereocenters. The average Bonchev–Trinajstić information content (AvgIpc) is 2.71. The minimum atomic E-state index is 0.511. The van der Waals surface area contributed by atoms with Gasteiger partial charge in [0.25, 0.3) is 0 Å². The second-order valence-corrected chi connectivity index (χ2v) is 5.56. The van der Waals surface area contributed by atoms with Gasteiger partial charge in [-0.05, 0) is 44.2 Å². The Bertz CT molecular complexity index is 477. The molecule has 0 amide bonds. The number of para-hydroxylation sites is 1. The van der Waals surface area contributed by atoms with Crippen LogP contribution in [0.4, 0.5) is 5.69 Å². The van der Waals surface area contributed by atoms with Crippen molar-refractivity contribution in [1.82, 2.24) is 5.32 Å². The molecule has 2 atom stereocenters. The summed E-state index contributed by atoms with van der Waals surface area (Å²) in [6, 6.07) is 10.1. The van der Waals surface area contributed by atoms with E-state index in [9.17, 15) is 5.26 Å². The normalized spacial score (nSPS) is 29.9. The Kier molecular flexibility index (Phi) is 2.97. The van der Waals surface area contributed by atoms with Crippen molar-refractivity contribution in [3.8, 4) is 6.07 Å². The molecule has 0 radical (unpaired) electrons. The van der Waals surface area contributed by atoms with E-state index < -0.39 is 0 Å². The number of rotatable bonds is 2. The smallest absolute Gasteiger partial charge is 0.101 e. The summed E-state index contributed by atoms with van der Waals surface area (Å²) in [6.07, 6.45) is 4.97. The number of nitrogens with one attached hydrogen (secondary N) is 2. The summed E-state index contributed by atoms with van der Waals surface area (Å²) < 4.78 is 0. The molecule has 1 aromatic carbocycles. The summed E-state index contributed by atoms with van der Waals surface area (Å²) in [5.74, 6) is 0. The van der Waals surface area contributed by atoms with Gasteiger partial charge in [0, 0.05) is 18.1 Å². The molecule has 2 fully saturated rings. The number of aryl methyl sites for hydroxylation is 1. The van der Waals surface area contributed by atoms with Crippen molar-refractivity contribution < 1.29 is 0 Å². The molecule has 0 aromatic heterocycles. The first-order chi connectivity index (χ1) is 8.76. The Labute approximate surface area is 108 Å². The lowest BCUT2D eigenvalue weighted by Crippen LogP contribution is -2.43. The quantitative estimate of drug-likeness (QED) is 0.836. The van der Waals surface area contributed by atoms with Gasteiger partial charge < -0.3 is 10.6 Å². The lowest BCUT2D eigenvalue weighted by Gasteiger charge is -2.31. The summed E-state index contributed by atoms with van der Waals surface area (Å²) >= 11 is 0. The highest BCUT2D eigenvalue weighted by Gasteiger charge is 2.33. The third kappa shape index (κ3) is 2.09. The van der Waals surface area contributed by atoms with Crippen molar-refractivity contribution in [2.75, 3.05) is 5.32 Å². The van der Waals surface area contributed by atoms with Crippen LogP contribution in [0.1, 0.15) is 36.8 Å². The summed E-state index contributed by atoms with van der Waals surface area (Å²) in [4.78, 5) is 0. The molecule has 0 spiro atoms. The first kappa shape index (κ1) is 11.6. The van der Waals surface area contributed by atoms with Gasteiger partial charge >= 0.3 is 0 Å². The van der Waals surface area contributed by atoms with E-state index in [1.807, 2.05) is 12.1 Å². The van der Waals surface area contributed by atoms with Gasteiger partial charge in [-0.25, -0.2) is 0 Å². The lowest BCUT2D eigenvalue weighted by molar-refractivity contribution is 0.378. The van der Waals surface area contributed by atoms with Crippen molar-refractivity contribution >= 4 is 5.69 Å². The Balaban J connectivity index is 1.79. The molecule has 2 bridgehead atoms. The fourth-order valence-electron chi connectivity index (χ4n) is 3.33. The van der Waals surface area contributed by atoms with Gasteiger partial charge in [0.2, 0.25) is 0 Å². The molecular weight excluding hydrogens is 222 g/mol. The van der Waals surface area contributed by atoms with Crippen LogP contribution in [0.3, 0.4) is 0 Å². The third-order valence-electron chi connectivity index (χ3n) is 4.21. The lowest BCUT2D eigenvalue weighted by atomic mass is 9.98. The van der Waals surface area contributed by atoms with Gasteiger partial charge in [-0.3, -0.25) is 0 Å². The first-order valence-electron chi connectivity index (χ1n) is 6.78. The standard InChI is InChI=1S/C15H19N3/c1-10-3-2-4-11(9-16)15(10)18-14-7-12-5-6-13(8-14)17-12/h2-4,12-14,17-18H,5-8H2,1H3. The van der Waals surface area contributed by atoms with E-state index in [0.29, 0.717) is 18.1 Å². The van der Waals surface area contributed by atoms with E-state index in [0.717, 1.165) is 11.3 Å². The zero-order valence-electron chi connectivity index (χ0n) is 10.7. The predicted octanol–water partition coefficient (Wildman–Crippen LogP) is 2.56. The Morgan fingerprint density at radius 3 is 2.67 bits per heavy atom. The van der Waals surface area contributed by atoms with Crippen LogP contribution in [-0.4, -0.2) is 18.1 Å². The van der Waals surface area contributed by atoms with Crippen molar-refractivity contribution in [3.05, 3.63) is 29.3 Å². The van der Waals surface area contributed by atoms with E-state index in [1.165, 1.54) is 31.2 Å². The molecule has 3 heteroatoms. The van der Waals surface area contributed by atoms with Gasteiger partial charge in [0.1, 0.15) is 6.07 Å². The number of nitrogens with zero attached hydrogens (tertiary/aromatic N) is 1. The van der Waals surface area contributed by atoms with Crippen molar-refractivity contribution in [2.24, 2.45) is 0 Å². The van der Waals surface area contributed by atoms with E-state index in [1.54, 1.807) is 0 Å². The van der Waals surface area contributed by atoms with Crippen LogP contribution < -0.4 is 10.6 Å². The molecule has 2 N–H and O–H groups in total. The predicted molar refractivity (Wildman–Crippen MR) is 72.5 cm³/mol.